The maximum atomic E-state index is 12.5. The number of carbonyl (C=O) groups excluding carboxylic acids is 1. The number of nitrogens with one attached hydrogen (secondary N) is 1. The zero-order valence-corrected chi connectivity index (χ0v) is 21.6. The van der Waals surface area contributed by atoms with Crippen LogP contribution in [0.4, 0.5) is 0 Å². The fourth-order valence-corrected chi connectivity index (χ4v) is 4.13. The molecular weight excluding hydrogens is 482 g/mol. The molecule has 38 heavy (non-hydrogen) atoms. The number of carbonyl (C=O) groups is 1. The molecule has 0 aliphatic carbocycles. The SMILES string of the molecule is CC[C@H](C)NC(=O)c1coc(CN(Cc2cccc(Oc3ccccc3)c2)Cc2ccc3c(c2)OCO3)n1. The van der Waals surface area contributed by atoms with Gasteiger partial charge in [0.1, 0.15) is 17.8 Å². The molecule has 0 bridgehead atoms. The van der Waals surface area contributed by atoms with Crippen molar-refractivity contribution >= 4 is 5.91 Å². The minimum Gasteiger partial charge on any atom is -0.457 e. The molecule has 1 aliphatic heterocycles. The molecule has 0 saturated heterocycles. The second-order valence-electron chi connectivity index (χ2n) is 9.30. The Labute approximate surface area is 222 Å². The first kappa shape index (κ1) is 25.4. The summed E-state index contributed by atoms with van der Waals surface area (Å²) in [4.78, 5) is 19.2. The van der Waals surface area contributed by atoms with Gasteiger partial charge in [-0.2, -0.15) is 0 Å². The van der Waals surface area contributed by atoms with Gasteiger partial charge in [-0.15, -0.1) is 0 Å². The molecule has 3 aromatic carbocycles. The van der Waals surface area contributed by atoms with Gasteiger partial charge in [-0.05, 0) is 60.9 Å². The number of para-hydroxylation sites is 1. The largest absolute Gasteiger partial charge is 0.457 e. The molecule has 0 radical (unpaired) electrons. The standard InChI is InChI=1S/C30H31N3O5/c1-3-21(2)31-30(34)26-19-35-29(32-26)18-33(17-23-12-13-27-28(15-23)37-20-36-27)16-22-8-7-11-25(14-22)38-24-9-5-4-6-10-24/h4-15,19,21H,3,16-18,20H2,1-2H3,(H,31,34)/t21-/m0/s1. The van der Waals surface area contributed by atoms with Gasteiger partial charge in [0.25, 0.3) is 5.91 Å². The van der Waals surface area contributed by atoms with Gasteiger partial charge in [-0.25, -0.2) is 4.98 Å². The van der Waals surface area contributed by atoms with Crippen LogP contribution in [0.3, 0.4) is 0 Å². The van der Waals surface area contributed by atoms with Crippen molar-refractivity contribution in [1.29, 1.82) is 0 Å². The summed E-state index contributed by atoms with van der Waals surface area (Å²) in [5, 5.41) is 2.93. The zero-order valence-electron chi connectivity index (χ0n) is 21.6. The molecule has 2 heterocycles. The third kappa shape index (κ3) is 6.52. The number of benzene rings is 3. The van der Waals surface area contributed by atoms with Gasteiger partial charge < -0.3 is 23.9 Å². The van der Waals surface area contributed by atoms with Crippen LogP contribution in [0.5, 0.6) is 23.0 Å². The molecule has 4 aromatic rings. The van der Waals surface area contributed by atoms with Crippen LogP contribution in [0, 0.1) is 0 Å². The van der Waals surface area contributed by atoms with E-state index in [-0.39, 0.29) is 24.4 Å². The van der Waals surface area contributed by atoms with E-state index >= 15 is 0 Å². The van der Waals surface area contributed by atoms with E-state index in [9.17, 15) is 4.79 Å². The van der Waals surface area contributed by atoms with Gasteiger partial charge in [0.2, 0.25) is 12.7 Å². The topological polar surface area (TPSA) is 86.1 Å². The number of hydrogen-bond donors (Lipinski definition) is 1. The van der Waals surface area contributed by atoms with Crippen LogP contribution in [0.25, 0.3) is 0 Å². The van der Waals surface area contributed by atoms with Gasteiger partial charge in [0, 0.05) is 19.1 Å². The molecule has 0 saturated carbocycles. The maximum Gasteiger partial charge on any atom is 0.273 e. The Morgan fingerprint density at radius 3 is 2.53 bits per heavy atom. The molecule has 8 heteroatoms. The Bertz CT molecular complexity index is 1370. The lowest BCUT2D eigenvalue weighted by Gasteiger charge is -2.21. The highest BCUT2D eigenvalue weighted by molar-refractivity contribution is 5.92. The summed E-state index contributed by atoms with van der Waals surface area (Å²) in [5.41, 5.74) is 2.41. The minimum atomic E-state index is -0.234. The number of ether oxygens (including phenoxy) is 3. The van der Waals surface area contributed by atoms with Gasteiger partial charge in [0.15, 0.2) is 17.2 Å². The molecule has 0 spiro atoms. The van der Waals surface area contributed by atoms with Crippen molar-refractivity contribution in [3.8, 4) is 23.0 Å². The summed E-state index contributed by atoms with van der Waals surface area (Å²) in [6.07, 6.45) is 2.26. The summed E-state index contributed by atoms with van der Waals surface area (Å²) in [7, 11) is 0. The molecule has 5 rings (SSSR count). The van der Waals surface area contributed by atoms with E-state index in [1.807, 2.05) is 80.6 Å². The van der Waals surface area contributed by atoms with Gasteiger partial charge in [-0.1, -0.05) is 43.3 Å². The molecule has 1 aliphatic rings. The quantitative estimate of drug-likeness (QED) is 0.266. The minimum absolute atomic E-state index is 0.0653. The molecule has 196 valence electrons. The van der Waals surface area contributed by atoms with Crippen molar-refractivity contribution in [2.24, 2.45) is 0 Å². The number of rotatable bonds is 11. The van der Waals surface area contributed by atoms with Gasteiger partial charge in [0.05, 0.1) is 6.54 Å². The van der Waals surface area contributed by atoms with Crippen molar-refractivity contribution in [1.82, 2.24) is 15.2 Å². The molecular formula is C30H31N3O5. The zero-order chi connectivity index (χ0) is 26.3. The Hall–Kier alpha value is -4.30. The average molecular weight is 514 g/mol. The Morgan fingerprint density at radius 1 is 0.947 bits per heavy atom. The van der Waals surface area contributed by atoms with Crippen molar-refractivity contribution < 1.29 is 23.4 Å². The highest BCUT2D eigenvalue weighted by Crippen LogP contribution is 2.33. The number of amides is 1. The van der Waals surface area contributed by atoms with E-state index in [4.69, 9.17) is 18.6 Å². The summed E-state index contributed by atoms with van der Waals surface area (Å²) >= 11 is 0. The van der Waals surface area contributed by atoms with E-state index in [0.29, 0.717) is 25.5 Å². The molecule has 0 fully saturated rings. The number of aromatic nitrogens is 1. The molecule has 1 aromatic heterocycles. The smallest absolute Gasteiger partial charge is 0.273 e. The predicted molar refractivity (Wildman–Crippen MR) is 142 cm³/mol. The van der Waals surface area contributed by atoms with Crippen LogP contribution in [0.2, 0.25) is 0 Å². The van der Waals surface area contributed by atoms with Crippen molar-refractivity contribution in [3.63, 3.8) is 0 Å². The summed E-state index contributed by atoms with van der Waals surface area (Å²) < 4.78 is 22.8. The Morgan fingerprint density at radius 2 is 1.71 bits per heavy atom. The fourth-order valence-electron chi connectivity index (χ4n) is 4.13. The van der Waals surface area contributed by atoms with Gasteiger partial charge >= 0.3 is 0 Å². The molecule has 1 N–H and O–H groups in total. The number of nitrogens with zero attached hydrogens (tertiary/aromatic N) is 2. The number of hydrogen-bond acceptors (Lipinski definition) is 7. The number of oxazole rings is 1. The van der Waals surface area contributed by atoms with E-state index in [0.717, 1.165) is 40.5 Å². The highest BCUT2D eigenvalue weighted by Gasteiger charge is 2.19. The van der Waals surface area contributed by atoms with Crippen molar-refractivity contribution in [2.75, 3.05) is 6.79 Å². The van der Waals surface area contributed by atoms with Crippen LogP contribution < -0.4 is 19.5 Å². The summed E-state index contributed by atoms with van der Waals surface area (Å²) in [5.74, 6) is 3.26. The maximum absolute atomic E-state index is 12.5. The highest BCUT2D eigenvalue weighted by atomic mass is 16.7. The van der Waals surface area contributed by atoms with Crippen molar-refractivity contribution in [3.05, 3.63) is 102 Å². The van der Waals surface area contributed by atoms with Crippen LogP contribution in [0.15, 0.2) is 83.5 Å². The number of fused-ring (bicyclic) bond motifs is 1. The molecule has 8 nitrogen and oxygen atoms in total. The van der Waals surface area contributed by atoms with Crippen LogP contribution >= 0.6 is 0 Å². The molecule has 1 amide bonds. The fraction of sp³-hybridized carbons (Fsp3) is 0.267. The lowest BCUT2D eigenvalue weighted by Crippen LogP contribution is -2.32. The van der Waals surface area contributed by atoms with E-state index in [1.54, 1.807) is 0 Å². The Balaban J connectivity index is 1.34. The van der Waals surface area contributed by atoms with Crippen molar-refractivity contribution in [2.45, 2.75) is 45.9 Å². The third-order valence-corrected chi connectivity index (χ3v) is 6.26. The predicted octanol–water partition coefficient (Wildman–Crippen LogP) is 5.93. The normalized spacial score (nSPS) is 12.9. The monoisotopic (exact) mass is 513 g/mol. The third-order valence-electron chi connectivity index (χ3n) is 6.26. The lowest BCUT2D eigenvalue weighted by atomic mass is 10.1. The second-order valence-corrected chi connectivity index (χ2v) is 9.30. The first-order valence-corrected chi connectivity index (χ1v) is 12.7. The van der Waals surface area contributed by atoms with Crippen LogP contribution in [-0.2, 0) is 19.6 Å². The first-order valence-electron chi connectivity index (χ1n) is 12.7. The first-order chi connectivity index (χ1) is 18.6. The summed E-state index contributed by atoms with van der Waals surface area (Å²) in [6.45, 7) is 5.84. The van der Waals surface area contributed by atoms with E-state index in [1.165, 1.54) is 6.26 Å². The second kappa shape index (κ2) is 11.8. The molecule has 0 unspecified atom stereocenters. The Kier molecular flexibility index (Phi) is 7.89. The molecule has 1 atom stereocenters. The van der Waals surface area contributed by atoms with E-state index in [2.05, 4.69) is 21.3 Å². The summed E-state index contributed by atoms with van der Waals surface area (Å²) in [6, 6.07) is 23.7. The average Bonchev–Trinajstić information content (AvgIpc) is 3.59. The lowest BCUT2D eigenvalue weighted by molar-refractivity contribution is 0.0934. The van der Waals surface area contributed by atoms with Crippen LogP contribution in [0.1, 0.15) is 47.8 Å². The van der Waals surface area contributed by atoms with Crippen LogP contribution in [-0.4, -0.2) is 28.6 Å². The van der Waals surface area contributed by atoms with Gasteiger partial charge in [-0.3, -0.25) is 9.69 Å². The van der Waals surface area contributed by atoms with E-state index < -0.39 is 0 Å².